The molecule has 0 bridgehead atoms. The Morgan fingerprint density at radius 3 is 2.58 bits per heavy atom. The molecule has 0 aromatic heterocycles. The number of nitrogens with zero attached hydrogens (tertiary/aromatic N) is 1. The fourth-order valence-electron chi connectivity index (χ4n) is 3.41. The summed E-state index contributed by atoms with van der Waals surface area (Å²) in [5.41, 5.74) is -1.80. The van der Waals surface area contributed by atoms with Crippen molar-refractivity contribution in [1.29, 1.82) is 5.41 Å². The van der Waals surface area contributed by atoms with E-state index in [1.807, 2.05) is 0 Å². The molecule has 2 atom stereocenters. The second kappa shape index (κ2) is 6.12. The Hall–Kier alpha value is -2.02. The summed E-state index contributed by atoms with van der Waals surface area (Å²) in [6.07, 6.45) is -0.109. The molecule has 7 heteroatoms. The molecule has 2 unspecified atom stereocenters. The lowest BCUT2D eigenvalue weighted by molar-refractivity contribution is -0.185. The zero-order chi connectivity index (χ0) is 17.4. The second-order valence-corrected chi connectivity index (χ2v) is 6.54. The van der Waals surface area contributed by atoms with E-state index in [1.54, 1.807) is 35.2 Å². The highest BCUT2D eigenvalue weighted by Gasteiger charge is 2.55. The van der Waals surface area contributed by atoms with Crippen LogP contribution in [0.3, 0.4) is 0 Å². The molecule has 2 aliphatic rings. The van der Waals surface area contributed by atoms with E-state index in [2.05, 4.69) is 0 Å². The minimum absolute atomic E-state index is 0.0603. The molecule has 1 aromatic rings. The Balaban J connectivity index is 1.82. The number of rotatable bonds is 5. The number of hydrogen-bond donors (Lipinski definition) is 2. The number of carbonyl (C=O) groups is 1. The van der Waals surface area contributed by atoms with Gasteiger partial charge in [0.2, 0.25) is 5.92 Å². The van der Waals surface area contributed by atoms with Crippen molar-refractivity contribution >= 4 is 12.3 Å². The zero-order valence-electron chi connectivity index (χ0n) is 13.1. The van der Waals surface area contributed by atoms with Crippen molar-refractivity contribution < 1.29 is 23.4 Å². The highest BCUT2D eigenvalue weighted by molar-refractivity contribution is 5.82. The topological polar surface area (TPSA) is 73.6 Å². The van der Waals surface area contributed by atoms with Gasteiger partial charge in [-0.05, 0) is 12.0 Å². The standard InChI is InChI=1S/C17H20F2N2O3/c18-16(19)7-6-13(8-16)17(23,12-4-2-1-3-5-12)15(22)24-14-9-21(10-14)11-20/h1-5,11,13-14,20,23H,6-10H2. The van der Waals surface area contributed by atoms with Crippen LogP contribution in [0.15, 0.2) is 30.3 Å². The van der Waals surface area contributed by atoms with Crippen molar-refractivity contribution in [2.24, 2.45) is 5.92 Å². The molecule has 1 aliphatic carbocycles. The lowest BCUT2D eigenvalue weighted by Gasteiger charge is -2.40. The molecule has 3 rings (SSSR count). The van der Waals surface area contributed by atoms with Gasteiger partial charge in [0.05, 0.1) is 19.4 Å². The van der Waals surface area contributed by atoms with E-state index < -0.39 is 35.9 Å². The minimum Gasteiger partial charge on any atom is -0.456 e. The van der Waals surface area contributed by atoms with E-state index in [9.17, 15) is 18.7 Å². The van der Waals surface area contributed by atoms with Gasteiger partial charge in [-0.2, -0.15) is 0 Å². The zero-order valence-corrected chi connectivity index (χ0v) is 13.1. The quantitative estimate of drug-likeness (QED) is 0.490. The van der Waals surface area contributed by atoms with Gasteiger partial charge in [0.1, 0.15) is 6.10 Å². The third-order valence-electron chi connectivity index (χ3n) is 4.85. The molecule has 2 N–H and O–H groups in total. The molecule has 0 spiro atoms. The molecule has 1 saturated heterocycles. The SMILES string of the molecule is N=CN1CC(OC(=O)C(O)(c2ccccc2)C2CCC(F)(F)C2)C1. The molecule has 0 radical (unpaired) electrons. The van der Waals surface area contributed by atoms with E-state index >= 15 is 0 Å². The Bertz CT molecular complexity index is 620. The highest BCUT2D eigenvalue weighted by atomic mass is 19.3. The van der Waals surface area contributed by atoms with Crippen LogP contribution in [0.4, 0.5) is 8.78 Å². The van der Waals surface area contributed by atoms with Crippen molar-refractivity contribution in [3.05, 3.63) is 35.9 Å². The third-order valence-corrected chi connectivity index (χ3v) is 4.85. The molecule has 1 saturated carbocycles. The van der Waals surface area contributed by atoms with Crippen LogP contribution in [0.1, 0.15) is 24.8 Å². The van der Waals surface area contributed by atoms with E-state index in [-0.39, 0.29) is 18.4 Å². The average Bonchev–Trinajstić information content (AvgIpc) is 2.90. The number of esters is 1. The van der Waals surface area contributed by atoms with Crippen molar-refractivity contribution in [3.63, 3.8) is 0 Å². The number of aliphatic hydroxyl groups is 1. The lowest BCUT2D eigenvalue weighted by atomic mass is 9.80. The second-order valence-electron chi connectivity index (χ2n) is 6.54. The van der Waals surface area contributed by atoms with Gasteiger partial charge < -0.3 is 14.7 Å². The summed E-state index contributed by atoms with van der Waals surface area (Å²) < 4.78 is 32.6. The molecule has 2 fully saturated rings. The average molecular weight is 338 g/mol. The number of hydrogen-bond acceptors (Lipinski definition) is 4. The third kappa shape index (κ3) is 3.00. The van der Waals surface area contributed by atoms with E-state index in [4.69, 9.17) is 10.1 Å². The summed E-state index contributed by atoms with van der Waals surface area (Å²) in [4.78, 5) is 14.3. The normalized spacial score (nSPS) is 25.6. The number of carbonyl (C=O) groups excluding carboxylic acids is 1. The molecule has 0 amide bonds. The van der Waals surface area contributed by atoms with Gasteiger partial charge in [0.15, 0.2) is 5.60 Å². The van der Waals surface area contributed by atoms with Crippen molar-refractivity contribution in [2.45, 2.75) is 36.9 Å². The first-order valence-electron chi connectivity index (χ1n) is 7.96. The maximum atomic E-state index is 13.6. The van der Waals surface area contributed by atoms with Gasteiger partial charge in [-0.15, -0.1) is 0 Å². The first kappa shape index (κ1) is 16.8. The summed E-state index contributed by atoms with van der Waals surface area (Å²) in [5.74, 6) is -4.64. The molecule has 1 heterocycles. The van der Waals surface area contributed by atoms with Gasteiger partial charge in [0, 0.05) is 18.8 Å². The van der Waals surface area contributed by atoms with Crippen LogP contribution in [-0.4, -0.2) is 47.4 Å². The molecular formula is C17H20F2N2O3. The predicted molar refractivity (Wildman–Crippen MR) is 82.9 cm³/mol. The predicted octanol–water partition coefficient (Wildman–Crippen LogP) is 2.14. The van der Waals surface area contributed by atoms with Crippen LogP contribution >= 0.6 is 0 Å². The molecule has 1 aliphatic heterocycles. The Morgan fingerprint density at radius 1 is 1.38 bits per heavy atom. The molecule has 24 heavy (non-hydrogen) atoms. The van der Waals surface area contributed by atoms with Gasteiger partial charge in [0.25, 0.3) is 0 Å². The van der Waals surface area contributed by atoms with Crippen molar-refractivity contribution in [2.75, 3.05) is 13.1 Å². The van der Waals surface area contributed by atoms with Gasteiger partial charge >= 0.3 is 5.97 Å². The number of benzene rings is 1. The monoisotopic (exact) mass is 338 g/mol. The van der Waals surface area contributed by atoms with E-state index in [0.717, 1.165) is 6.34 Å². The van der Waals surface area contributed by atoms with Crippen LogP contribution in [-0.2, 0) is 15.1 Å². The summed E-state index contributed by atoms with van der Waals surface area (Å²) in [6, 6.07) is 8.15. The van der Waals surface area contributed by atoms with Crippen LogP contribution < -0.4 is 0 Å². The maximum absolute atomic E-state index is 13.6. The van der Waals surface area contributed by atoms with E-state index in [1.165, 1.54) is 0 Å². The number of halogens is 2. The van der Waals surface area contributed by atoms with Crippen LogP contribution in [0.5, 0.6) is 0 Å². The van der Waals surface area contributed by atoms with Gasteiger partial charge in [-0.1, -0.05) is 30.3 Å². The van der Waals surface area contributed by atoms with Crippen LogP contribution in [0, 0.1) is 11.3 Å². The summed E-state index contributed by atoms with van der Waals surface area (Å²) in [6.45, 7) is 0.752. The Kier molecular flexibility index (Phi) is 4.29. The highest BCUT2D eigenvalue weighted by Crippen LogP contribution is 2.48. The van der Waals surface area contributed by atoms with Crippen molar-refractivity contribution in [1.82, 2.24) is 4.90 Å². The Labute approximate surface area is 138 Å². The molecule has 1 aromatic carbocycles. The van der Waals surface area contributed by atoms with Gasteiger partial charge in [-0.25, -0.2) is 13.6 Å². The van der Waals surface area contributed by atoms with Gasteiger partial charge in [-0.3, -0.25) is 5.41 Å². The number of nitrogens with one attached hydrogen (secondary N) is 1. The smallest absolute Gasteiger partial charge is 0.343 e. The minimum atomic E-state index is -2.87. The van der Waals surface area contributed by atoms with Crippen LogP contribution in [0.2, 0.25) is 0 Å². The van der Waals surface area contributed by atoms with E-state index in [0.29, 0.717) is 13.1 Å². The molecular weight excluding hydrogens is 318 g/mol. The summed E-state index contributed by atoms with van der Waals surface area (Å²) >= 11 is 0. The molecule has 5 nitrogen and oxygen atoms in total. The fourth-order valence-corrected chi connectivity index (χ4v) is 3.41. The number of likely N-dealkylation sites (tertiary alicyclic amines) is 1. The Morgan fingerprint density at radius 2 is 2.04 bits per heavy atom. The summed E-state index contributed by atoms with van der Waals surface area (Å²) in [7, 11) is 0. The first-order chi connectivity index (χ1) is 11.3. The first-order valence-corrected chi connectivity index (χ1v) is 7.96. The number of ether oxygens (including phenoxy) is 1. The largest absolute Gasteiger partial charge is 0.456 e. The number of alkyl halides is 2. The maximum Gasteiger partial charge on any atom is 0.343 e. The van der Waals surface area contributed by atoms with Crippen molar-refractivity contribution in [3.8, 4) is 0 Å². The molecule has 130 valence electrons. The lowest BCUT2D eigenvalue weighted by Crippen LogP contribution is -2.55. The summed E-state index contributed by atoms with van der Waals surface area (Å²) in [5, 5.41) is 18.2. The fraction of sp³-hybridized carbons (Fsp3) is 0.529. The van der Waals surface area contributed by atoms with Crippen LogP contribution in [0.25, 0.3) is 0 Å².